The molecule has 136 valence electrons. The van der Waals surface area contributed by atoms with E-state index in [0.29, 0.717) is 4.83 Å². The van der Waals surface area contributed by atoms with E-state index < -0.39 is 17.5 Å². The first-order valence-electron chi connectivity index (χ1n) is 7.58. The predicted octanol–water partition coefficient (Wildman–Crippen LogP) is 1.68. The fraction of sp³-hybridized carbons (Fsp3) is 0.188. The maximum Gasteiger partial charge on any atom is 0.260 e. The number of nitrogens with two attached hydrogens (primary N) is 2. The number of aromatic nitrogens is 2. The number of aliphatic hydroxyl groups excluding tert-OH is 1. The Kier molecular flexibility index (Phi) is 4.62. The molecule has 8 nitrogen and oxygen atoms in total. The third-order valence-corrected chi connectivity index (χ3v) is 4.81. The molecule has 0 aliphatic carbocycles. The number of hydrogen-bond acceptors (Lipinski definition) is 8. The van der Waals surface area contributed by atoms with Crippen LogP contribution < -0.4 is 16.8 Å². The molecule has 0 spiro atoms. The lowest BCUT2D eigenvalue weighted by Crippen LogP contribution is -2.21. The number of benzene rings is 1. The van der Waals surface area contributed by atoms with E-state index in [1.807, 2.05) is 0 Å². The summed E-state index contributed by atoms with van der Waals surface area (Å²) < 4.78 is 14.5. The smallest absolute Gasteiger partial charge is 0.260 e. The highest BCUT2D eigenvalue weighted by Gasteiger charge is 2.23. The van der Waals surface area contributed by atoms with Crippen LogP contribution in [0, 0.1) is 5.82 Å². The zero-order chi connectivity index (χ0) is 19.0. The zero-order valence-electron chi connectivity index (χ0n) is 13.7. The van der Waals surface area contributed by atoms with Crippen LogP contribution in [0.2, 0.25) is 0 Å². The van der Waals surface area contributed by atoms with Gasteiger partial charge in [-0.1, -0.05) is 6.07 Å². The molecule has 26 heavy (non-hydrogen) atoms. The van der Waals surface area contributed by atoms with Gasteiger partial charge in [0.05, 0.1) is 23.4 Å². The summed E-state index contributed by atoms with van der Waals surface area (Å²) >= 11 is 0.962. The molecule has 0 bridgehead atoms. The molecule has 0 saturated carbocycles. The summed E-state index contributed by atoms with van der Waals surface area (Å²) in [4.78, 5) is 20.6. The van der Waals surface area contributed by atoms with Crippen LogP contribution in [0.3, 0.4) is 0 Å². The Morgan fingerprint density at radius 1 is 1.42 bits per heavy atom. The van der Waals surface area contributed by atoms with Gasteiger partial charge >= 0.3 is 0 Å². The molecule has 2 aromatic heterocycles. The van der Waals surface area contributed by atoms with Gasteiger partial charge in [-0.15, -0.1) is 11.3 Å². The molecule has 0 fully saturated rings. The molecule has 0 aliphatic heterocycles. The largest absolute Gasteiger partial charge is 0.505 e. The summed E-state index contributed by atoms with van der Waals surface area (Å²) in [5, 5.41) is 22.0. The van der Waals surface area contributed by atoms with E-state index in [9.17, 15) is 19.4 Å². The van der Waals surface area contributed by atoms with Gasteiger partial charge in [0.25, 0.3) is 5.91 Å². The number of phenols is 1. The van der Waals surface area contributed by atoms with Crippen LogP contribution in [0.15, 0.2) is 18.2 Å². The minimum Gasteiger partial charge on any atom is -0.505 e. The number of thiophene rings is 1. The average molecular weight is 377 g/mol. The predicted molar refractivity (Wildman–Crippen MR) is 97.6 cm³/mol. The van der Waals surface area contributed by atoms with Crippen molar-refractivity contribution >= 4 is 39.1 Å². The van der Waals surface area contributed by atoms with Gasteiger partial charge in [-0.25, -0.2) is 14.4 Å². The summed E-state index contributed by atoms with van der Waals surface area (Å²) in [5.41, 5.74) is 11.5. The number of aliphatic hydroxyl groups is 1. The number of phenolic OH excluding ortho intramolecular Hbond substituents is 1. The minimum absolute atomic E-state index is 0.00220. The third-order valence-electron chi connectivity index (χ3n) is 3.70. The second-order valence-electron chi connectivity index (χ2n) is 5.65. The second kappa shape index (κ2) is 6.73. The molecule has 3 aromatic rings. The summed E-state index contributed by atoms with van der Waals surface area (Å²) in [7, 11) is 0. The van der Waals surface area contributed by atoms with E-state index in [-0.39, 0.29) is 45.8 Å². The van der Waals surface area contributed by atoms with Gasteiger partial charge in [0, 0.05) is 11.6 Å². The highest BCUT2D eigenvalue weighted by molar-refractivity contribution is 7.21. The van der Waals surface area contributed by atoms with Gasteiger partial charge in [-0.05, 0) is 19.1 Å². The Bertz CT molecular complexity index is 1010. The molecule has 3 rings (SSSR count). The molecule has 0 saturated heterocycles. The molecule has 1 amide bonds. The van der Waals surface area contributed by atoms with Gasteiger partial charge < -0.3 is 27.0 Å². The van der Waals surface area contributed by atoms with Crippen LogP contribution in [-0.2, 0) is 0 Å². The van der Waals surface area contributed by atoms with Crippen molar-refractivity contribution in [3.8, 4) is 17.0 Å². The van der Waals surface area contributed by atoms with Crippen molar-refractivity contribution in [2.75, 3.05) is 17.7 Å². The van der Waals surface area contributed by atoms with E-state index in [1.54, 1.807) is 6.92 Å². The number of carbonyl (C=O) groups excluding carboxylic acids is 1. The number of halogens is 1. The maximum atomic E-state index is 14.5. The second-order valence-corrected chi connectivity index (χ2v) is 6.65. The molecule has 7 N–H and O–H groups in total. The van der Waals surface area contributed by atoms with Crippen LogP contribution in [0.5, 0.6) is 5.75 Å². The molecule has 10 heteroatoms. The van der Waals surface area contributed by atoms with E-state index in [2.05, 4.69) is 15.3 Å². The molecule has 0 radical (unpaired) electrons. The highest BCUT2D eigenvalue weighted by Crippen LogP contribution is 2.40. The van der Waals surface area contributed by atoms with Crippen LogP contribution >= 0.6 is 11.3 Å². The number of nitrogen functional groups attached to an aromatic ring is 1. The number of fused-ring (bicyclic) bond motifs is 1. The Morgan fingerprint density at radius 2 is 2.15 bits per heavy atom. The third kappa shape index (κ3) is 3.00. The van der Waals surface area contributed by atoms with Crippen molar-refractivity contribution in [1.82, 2.24) is 9.97 Å². The van der Waals surface area contributed by atoms with Gasteiger partial charge in [-0.3, -0.25) is 4.79 Å². The van der Waals surface area contributed by atoms with Crippen molar-refractivity contribution < 1.29 is 19.4 Å². The number of aromatic hydroxyl groups is 1. The normalized spacial score (nSPS) is 12.3. The van der Waals surface area contributed by atoms with Crippen LogP contribution in [-0.4, -0.2) is 38.7 Å². The minimum atomic E-state index is -0.875. The molecular formula is C16H16FN5O3S. The fourth-order valence-corrected chi connectivity index (χ4v) is 3.38. The lowest BCUT2D eigenvalue weighted by Gasteiger charge is -2.13. The van der Waals surface area contributed by atoms with Crippen LogP contribution in [0.25, 0.3) is 21.5 Å². The summed E-state index contributed by atoms with van der Waals surface area (Å²) in [6.07, 6.45) is 0. The summed E-state index contributed by atoms with van der Waals surface area (Å²) in [5.74, 6) is -2.03. The van der Waals surface area contributed by atoms with Crippen molar-refractivity contribution in [3.05, 3.63) is 28.9 Å². The van der Waals surface area contributed by atoms with Gasteiger partial charge in [-0.2, -0.15) is 0 Å². The molecule has 0 unspecified atom stereocenters. The quantitative estimate of drug-likeness (QED) is 0.454. The lowest BCUT2D eigenvalue weighted by molar-refractivity contribution is 0.100. The first-order chi connectivity index (χ1) is 12.3. The maximum absolute atomic E-state index is 14.5. The monoisotopic (exact) mass is 377 g/mol. The standard InChI is InChI=1S/C16H16FN5O3S/c1-6(5-23)20-16-21-12(7-3-2-4-8(24)10(7)17)9-11(18)13(14(19)25)26-15(9)22-16/h2-4,6,23-24H,5,18H2,1H3,(H2,19,25)(H,20,21,22)/t6-/m0/s1. The number of nitrogens with one attached hydrogen (secondary N) is 1. The number of carbonyl (C=O) groups is 1. The first kappa shape index (κ1) is 17.8. The van der Waals surface area contributed by atoms with Crippen LogP contribution in [0.4, 0.5) is 16.0 Å². The molecule has 0 aliphatic rings. The fourth-order valence-electron chi connectivity index (χ4n) is 2.43. The van der Waals surface area contributed by atoms with Crippen molar-refractivity contribution in [2.45, 2.75) is 13.0 Å². The highest BCUT2D eigenvalue weighted by atomic mass is 32.1. The number of anilines is 2. The topological polar surface area (TPSA) is 147 Å². The Hall–Kier alpha value is -2.98. The van der Waals surface area contributed by atoms with Crippen molar-refractivity contribution in [1.29, 1.82) is 0 Å². The Morgan fingerprint density at radius 3 is 2.81 bits per heavy atom. The number of rotatable bonds is 5. The van der Waals surface area contributed by atoms with Crippen molar-refractivity contribution in [2.24, 2.45) is 5.73 Å². The Balaban J connectivity index is 2.33. The first-order valence-corrected chi connectivity index (χ1v) is 8.40. The average Bonchev–Trinajstić information content (AvgIpc) is 2.93. The summed E-state index contributed by atoms with van der Waals surface area (Å²) in [6.45, 7) is 1.54. The van der Waals surface area contributed by atoms with Crippen molar-refractivity contribution in [3.63, 3.8) is 0 Å². The molecule has 2 heterocycles. The molecule has 1 atom stereocenters. The van der Waals surface area contributed by atoms with Gasteiger partial charge in [0.15, 0.2) is 11.6 Å². The van der Waals surface area contributed by atoms with Gasteiger partial charge in [0.2, 0.25) is 5.95 Å². The lowest BCUT2D eigenvalue weighted by atomic mass is 10.1. The van der Waals surface area contributed by atoms with Gasteiger partial charge in [0.1, 0.15) is 9.71 Å². The number of amides is 1. The Labute approximate surface area is 151 Å². The van der Waals surface area contributed by atoms with E-state index >= 15 is 0 Å². The summed E-state index contributed by atoms with van der Waals surface area (Å²) in [6, 6.07) is 3.73. The van der Waals surface area contributed by atoms with E-state index in [0.717, 1.165) is 11.3 Å². The zero-order valence-corrected chi connectivity index (χ0v) is 14.5. The number of nitrogens with zero attached hydrogens (tertiary/aromatic N) is 2. The molecule has 1 aromatic carbocycles. The number of hydrogen-bond donors (Lipinski definition) is 5. The van der Waals surface area contributed by atoms with Crippen LogP contribution in [0.1, 0.15) is 16.6 Å². The van der Waals surface area contributed by atoms with E-state index in [1.165, 1.54) is 18.2 Å². The number of primary amides is 1. The van der Waals surface area contributed by atoms with E-state index in [4.69, 9.17) is 11.5 Å². The molecular weight excluding hydrogens is 361 g/mol. The SMILES string of the molecule is C[C@@H](CO)Nc1nc(-c2cccc(O)c2F)c2c(N)c(C(N)=O)sc2n1.